The van der Waals surface area contributed by atoms with Gasteiger partial charge in [-0.3, -0.25) is 4.79 Å². The number of aryl methyl sites for hydroxylation is 1. The lowest BCUT2D eigenvalue weighted by Crippen LogP contribution is -2.47. The van der Waals surface area contributed by atoms with E-state index in [4.69, 9.17) is 5.11 Å². The highest BCUT2D eigenvalue weighted by atomic mass is 16.4. The summed E-state index contributed by atoms with van der Waals surface area (Å²) in [6, 6.07) is 3.47. The molecule has 2 atom stereocenters. The third-order valence-corrected chi connectivity index (χ3v) is 4.09. The molecule has 0 radical (unpaired) electrons. The lowest BCUT2D eigenvalue weighted by molar-refractivity contribution is 0.0694. The van der Waals surface area contributed by atoms with Gasteiger partial charge in [0, 0.05) is 18.6 Å². The van der Waals surface area contributed by atoms with Crippen molar-refractivity contribution in [1.29, 1.82) is 0 Å². The maximum absolute atomic E-state index is 12.2. The number of piperidine rings is 1. The molecule has 1 fully saturated rings. The molecule has 2 unspecified atom stereocenters. The molecule has 6 nitrogen and oxygen atoms in total. The summed E-state index contributed by atoms with van der Waals surface area (Å²) in [6.07, 6.45) is 1.83. The number of aromatic carboxylic acids is 1. The van der Waals surface area contributed by atoms with Gasteiger partial charge in [-0.2, -0.15) is 0 Å². The van der Waals surface area contributed by atoms with Crippen LogP contribution in [-0.4, -0.2) is 52.5 Å². The molecule has 0 aromatic carbocycles. The number of nitrogens with zero attached hydrogens (tertiary/aromatic N) is 2. The Labute approximate surface area is 124 Å². The van der Waals surface area contributed by atoms with E-state index in [1.54, 1.807) is 6.92 Å². The fourth-order valence-electron chi connectivity index (χ4n) is 2.59. The summed E-state index contributed by atoms with van der Waals surface area (Å²) in [6.45, 7) is 4.69. The van der Waals surface area contributed by atoms with E-state index in [9.17, 15) is 9.59 Å². The minimum absolute atomic E-state index is 0.125. The Morgan fingerprint density at radius 2 is 2.14 bits per heavy atom. The molecule has 1 aliphatic heterocycles. The van der Waals surface area contributed by atoms with Crippen LogP contribution < -0.4 is 5.32 Å². The number of likely N-dealkylation sites (tertiary alicyclic amines) is 1. The number of carbonyl (C=O) groups is 2. The maximum atomic E-state index is 12.2. The van der Waals surface area contributed by atoms with Gasteiger partial charge in [-0.25, -0.2) is 9.78 Å². The molecule has 1 saturated heterocycles. The zero-order chi connectivity index (χ0) is 15.6. The zero-order valence-corrected chi connectivity index (χ0v) is 12.6. The number of amides is 1. The summed E-state index contributed by atoms with van der Waals surface area (Å²) in [5.74, 6) is -1.27. The predicted octanol–water partition coefficient (Wildman–Crippen LogP) is 1.30. The number of pyridine rings is 1. The fraction of sp³-hybridized carbons (Fsp3) is 0.533. The number of hydrogen-bond donors (Lipinski definition) is 2. The number of carbonyl (C=O) groups excluding carboxylic acids is 1. The Kier molecular flexibility index (Phi) is 4.57. The van der Waals surface area contributed by atoms with Gasteiger partial charge < -0.3 is 15.3 Å². The van der Waals surface area contributed by atoms with Crippen molar-refractivity contribution >= 4 is 11.9 Å². The first-order chi connectivity index (χ1) is 9.88. The highest BCUT2D eigenvalue weighted by Crippen LogP contribution is 2.16. The van der Waals surface area contributed by atoms with E-state index < -0.39 is 5.97 Å². The van der Waals surface area contributed by atoms with Crippen molar-refractivity contribution in [3.05, 3.63) is 29.1 Å². The Balaban J connectivity index is 2.04. The Bertz CT molecular complexity index is 559. The van der Waals surface area contributed by atoms with Gasteiger partial charge in [0.1, 0.15) is 5.69 Å². The molecule has 0 bridgehead atoms. The smallest absolute Gasteiger partial charge is 0.337 e. The van der Waals surface area contributed by atoms with Crippen molar-refractivity contribution in [2.24, 2.45) is 0 Å². The van der Waals surface area contributed by atoms with Crippen LogP contribution in [0.15, 0.2) is 12.1 Å². The normalized spacial score (nSPS) is 22.8. The van der Waals surface area contributed by atoms with Crippen LogP contribution in [0.1, 0.15) is 46.3 Å². The first kappa shape index (κ1) is 15.4. The van der Waals surface area contributed by atoms with Crippen molar-refractivity contribution in [3.8, 4) is 0 Å². The van der Waals surface area contributed by atoms with Gasteiger partial charge in [0.2, 0.25) is 0 Å². The highest BCUT2D eigenvalue weighted by molar-refractivity contribution is 5.94. The van der Waals surface area contributed by atoms with Gasteiger partial charge in [0.25, 0.3) is 5.91 Å². The summed E-state index contributed by atoms with van der Waals surface area (Å²) in [5.41, 5.74) is 0.746. The fourth-order valence-corrected chi connectivity index (χ4v) is 2.59. The van der Waals surface area contributed by atoms with E-state index in [1.807, 2.05) is 0 Å². The SMILES string of the molecule is Cc1nc(C(=O)NC2CCN(C)C(C)C2)ccc1C(=O)O. The van der Waals surface area contributed by atoms with Crippen molar-refractivity contribution in [1.82, 2.24) is 15.2 Å². The molecular weight excluding hydrogens is 270 g/mol. The van der Waals surface area contributed by atoms with Crippen LogP contribution in [-0.2, 0) is 0 Å². The van der Waals surface area contributed by atoms with Crippen molar-refractivity contribution < 1.29 is 14.7 Å². The average molecular weight is 291 g/mol. The van der Waals surface area contributed by atoms with Gasteiger partial charge in [0.15, 0.2) is 0 Å². The van der Waals surface area contributed by atoms with Gasteiger partial charge in [-0.05, 0) is 45.9 Å². The molecule has 6 heteroatoms. The molecule has 114 valence electrons. The molecule has 2 rings (SSSR count). The Morgan fingerprint density at radius 3 is 2.71 bits per heavy atom. The summed E-state index contributed by atoms with van der Waals surface area (Å²) >= 11 is 0. The Morgan fingerprint density at radius 1 is 1.43 bits per heavy atom. The van der Waals surface area contributed by atoms with Crippen LogP contribution in [0, 0.1) is 6.92 Å². The van der Waals surface area contributed by atoms with Crippen LogP contribution in [0.5, 0.6) is 0 Å². The van der Waals surface area contributed by atoms with Crippen LogP contribution in [0.3, 0.4) is 0 Å². The minimum atomic E-state index is -1.03. The largest absolute Gasteiger partial charge is 0.478 e. The van der Waals surface area contributed by atoms with E-state index in [-0.39, 0.29) is 23.2 Å². The van der Waals surface area contributed by atoms with Gasteiger partial charge >= 0.3 is 5.97 Å². The molecule has 0 saturated carbocycles. The van der Waals surface area contributed by atoms with Crippen LogP contribution in [0.2, 0.25) is 0 Å². The first-order valence-corrected chi connectivity index (χ1v) is 7.10. The molecule has 2 N–H and O–H groups in total. The standard InChI is InChI=1S/C15H21N3O3/c1-9-8-11(6-7-18(9)3)17-14(19)13-5-4-12(15(20)21)10(2)16-13/h4-5,9,11H,6-8H2,1-3H3,(H,17,19)(H,20,21). The minimum Gasteiger partial charge on any atom is -0.478 e. The molecular formula is C15H21N3O3. The monoisotopic (exact) mass is 291 g/mol. The molecule has 0 aliphatic carbocycles. The summed E-state index contributed by atoms with van der Waals surface area (Å²) in [7, 11) is 2.08. The molecule has 2 heterocycles. The summed E-state index contributed by atoms with van der Waals surface area (Å²) < 4.78 is 0. The first-order valence-electron chi connectivity index (χ1n) is 7.10. The van der Waals surface area contributed by atoms with Gasteiger partial charge in [-0.15, -0.1) is 0 Å². The number of hydrogen-bond acceptors (Lipinski definition) is 4. The number of nitrogens with one attached hydrogen (secondary N) is 1. The second-order valence-corrected chi connectivity index (χ2v) is 5.66. The second-order valence-electron chi connectivity index (χ2n) is 5.66. The topological polar surface area (TPSA) is 82.5 Å². The van der Waals surface area contributed by atoms with Crippen molar-refractivity contribution in [2.45, 2.75) is 38.8 Å². The lowest BCUT2D eigenvalue weighted by Gasteiger charge is -2.35. The van der Waals surface area contributed by atoms with Crippen molar-refractivity contribution in [3.63, 3.8) is 0 Å². The lowest BCUT2D eigenvalue weighted by atomic mass is 9.99. The van der Waals surface area contributed by atoms with Crippen molar-refractivity contribution in [2.75, 3.05) is 13.6 Å². The third kappa shape index (κ3) is 3.58. The quantitative estimate of drug-likeness (QED) is 0.877. The van der Waals surface area contributed by atoms with E-state index >= 15 is 0 Å². The van der Waals surface area contributed by atoms with Gasteiger partial charge in [-0.1, -0.05) is 0 Å². The number of rotatable bonds is 3. The predicted molar refractivity (Wildman–Crippen MR) is 78.5 cm³/mol. The number of carboxylic acid groups (broad SMARTS) is 1. The Hall–Kier alpha value is -1.95. The van der Waals surface area contributed by atoms with E-state index in [2.05, 4.69) is 29.2 Å². The molecule has 0 spiro atoms. The molecule has 1 aromatic heterocycles. The second kappa shape index (κ2) is 6.22. The molecule has 1 aliphatic rings. The highest BCUT2D eigenvalue weighted by Gasteiger charge is 2.24. The van der Waals surface area contributed by atoms with Gasteiger partial charge in [0.05, 0.1) is 11.3 Å². The third-order valence-electron chi connectivity index (χ3n) is 4.09. The zero-order valence-electron chi connectivity index (χ0n) is 12.6. The van der Waals surface area contributed by atoms with E-state index in [1.165, 1.54) is 12.1 Å². The molecule has 1 aromatic rings. The summed E-state index contributed by atoms with van der Waals surface area (Å²) in [4.78, 5) is 29.5. The van der Waals surface area contributed by atoms with E-state index in [0.717, 1.165) is 19.4 Å². The average Bonchev–Trinajstić information content (AvgIpc) is 2.42. The maximum Gasteiger partial charge on any atom is 0.337 e. The van der Waals surface area contributed by atoms with E-state index in [0.29, 0.717) is 11.7 Å². The summed E-state index contributed by atoms with van der Waals surface area (Å²) in [5, 5.41) is 12.0. The number of carboxylic acids is 1. The number of aromatic nitrogens is 1. The van der Waals surface area contributed by atoms with Crippen LogP contribution in [0.4, 0.5) is 0 Å². The van der Waals surface area contributed by atoms with Crippen LogP contribution in [0.25, 0.3) is 0 Å². The van der Waals surface area contributed by atoms with Crippen LogP contribution >= 0.6 is 0 Å². The molecule has 21 heavy (non-hydrogen) atoms. The molecule has 1 amide bonds.